The van der Waals surface area contributed by atoms with Crippen molar-refractivity contribution in [2.45, 2.75) is 50.2 Å². The maximum absolute atomic E-state index is 14.4. The number of anilines is 2. The standard InChI is InChI=1S/C22H26FN6O2P/c1-22(6-7-22)29-13-26-28-21(29)31-16-8-14(9-16)15-11-24-20(25-12-15)27-19-5-4-17(10-18(19)23)32(2,3)30/h4-5,10-14,16H,6-9H2,1-3H3,(H,24,25,27). The fraction of sp³-hybridized carbons (Fsp3) is 0.455. The molecule has 0 radical (unpaired) electrons. The van der Waals surface area contributed by atoms with Gasteiger partial charge in [-0.05, 0) is 75.6 Å². The van der Waals surface area contributed by atoms with Gasteiger partial charge in [-0.3, -0.25) is 4.57 Å². The van der Waals surface area contributed by atoms with Crippen molar-refractivity contribution in [2.75, 3.05) is 18.6 Å². The summed E-state index contributed by atoms with van der Waals surface area (Å²) in [5.74, 6) is 0.154. The van der Waals surface area contributed by atoms with Gasteiger partial charge in [0, 0.05) is 23.2 Å². The number of rotatable bonds is 7. The predicted molar refractivity (Wildman–Crippen MR) is 120 cm³/mol. The van der Waals surface area contributed by atoms with Gasteiger partial charge in [-0.25, -0.2) is 14.4 Å². The number of nitrogens with one attached hydrogen (secondary N) is 1. The highest BCUT2D eigenvalue weighted by Crippen LogP contribution is 2.46. The predicted octanol–water partition coefficient (Wildman–Crippen LogP) is 4.03. The van der Waals surface area contributed by atoms with Crippen molar-refractivity contribution < 1.29 is 13.7 Å². The Morgan fingerprint density at radius 1 is 1.22 bits per heavy atom. The maximum Gasteiger partial charge on any atom is 0.317 e. The highest BCUT2D eigenvalue weighted by molar-refractivity contribution is 7.70. The molecule has 2 aliphatic carbocycles. The summed E-state index contributed by atoms with van der Waals surface area (Å²) in [6.45, 7) is 5.42. The van der Waals surface area contributed by atoms with Crippen LogP contribution in [0.2, 0.25) is 0 Å². The molecule has 2 heterocycles. The van der Waals surface area contributed by atoms with E-state index in [9.17, 15) is 8.96 Å². The zero-order chi connectivity index (χ0) is 22.5. The van der Waals surface area contributed by atoms with Crippen LogP contribution in [-0.2, 0) is 10.1 Å². The number of halogens is 1. The first-order chi connectivity index (χ1) is 15.2. The summed E-state index contributed by atoms with van der Waals surface area (Å²) in [4.78, 5) is 8.67. The van der Waals surface area contributed by atoms with Gasteiger partial charge in [0.25, 0.3) is 0 Å². The van der Waals surface area contributed by atoms with E-state index in [1.165, 1.54) is 6.07 Å². The van der Waals surface area contributed by atoms with E-state index < -0.39 is 13.0 Å². The molecule has 1 N–H and O–H groups in total. The van der Waals surface area contributed by atoms with E-state index in [1.54, 1.807) is 44.2 Å². The Morgan fingerprint density at radius 3 is 2.56 bits per heavy atom. The zero-order valence-electron chi connectivity index (χ0n) is 18.3. The minimum atomic E-state index is -2.51. The highest BCUT2D eigenvalue weighted by atomic mass is 31.2. The second kappa shape index (κ2) is 7.66. The Bertz CT molecular complexity index is 1180. The van der Waals surface area contributed by atoms with Crippen LogP contribution in [0.25, 0.3) is 0 Å². The molecule has 8 nitrogen and oxygen atoms in total. The molecule has 168 valence electrons. The van der Waals surface area contributed by atoms with E-state index in [1.807, 2.05) is 4.57 Å². The first-order valence-electron chi connectivity index (χ1n) is 10.7. The fourth-order valence-corrected chi connectivity index (χ4v) is 4.71. The van der Waals surface area contributed by atoms with Crippen molar-refractivity contribution >= 4 is 24.1 Å². The number of aromatic nitrogens is 5. The second-order valence-electron chi connectivity index (χ2n) is 9.37. The van der Waals surface area contributed by atoms with E-state index in [0.29, 0.717) is 23.2 Å². The highest BCUT2D eigenvalue weighted by Gasteiger charge is 2.42. The molecular formula is C22H26FN6O2P. The molecule has 32 heavy (non-hydrogen) atoms. The SMILES string of the molecule is CC1(n2cnnc2OC2CC(c3cnc(Nc4ccc(P(C)(C)=O)cc4F)nc3)C2)CC1. The smallest absolute Gasteiger partial charge is 0.317 e. The minimum Gasteiger partial charge on any atom is -0.460 e. The van der Waals surface area contributed by atoms with Gasteiger partial charge in [0.15, 0.2) is 0 Å². The number of nitrogens with zero attached hydrogens (tertiary/aromatic N) is 5. The molecule has 0 atom stereocenters. The van der Waals surface area contributed by atoms with E-state index in [0.717, 1.165) is 31.2 Å². The first kappa shape index (κ1) is 21.1. The third-order valence-electron chi connectivity index (χ3n) is 6.40. The number of hydrogen-bond donors (Lipinski definition) is 1. The molecule has 0 bridgehead atoms. The maximum atomic E-state index is 14.4. The van der Waals surface area contributed by atoms with Crippen LogP contribution in [0.5, 0.6) is 6.01 Å². The largest absolute Gasteiger partial charge is 0.460 e. The summed E-state index contributed by atoms with van der Waals surface area (Å²) in [5.41, 5.74) is 1.38. The summed E-state index contributed by atoms with van der Waals surface area (Å²) in [6.07, 6.45) is 9.36. The van der Waals surface area contributed by atoms with Gasteiger partial charge in [0.05, 0.1) is 5.69 Å². The molecule has 0 spiro atoms. The first-order valence-corrected chi connectivity index (χ1v) is 13.3. The van der Waals surface area contributed by atoms with Crippen LogP contribution in [0.3, 0.4) is 0 Å². The third-order valence-corrected chi connectivity index (χ3v) is 7.92. The van der Waals surface area contributed by atoms with Crippen molar-refractivity contribution in [3.63, 3.8) is 0 Å². The van der Waals surface area contributed by atoms with Gasteiger partial charge in [0.2, 0.25) is 5.95 Å². The molecule has 2 aromatic heterocycles. The molecule has 1 aromatic carbocycles. The lowest BCUT2D eigenvalue weighted by Gasteiger charge is -2.35. The van der Waals surface area contributed by atoms with Crippen LogP contribution in [0.15, 0.2) is 36.9 Å². The average Bonchev–Trinajstić information content (AvgIpc) is 3.28. The van der Waals surface area contributed by atoms with Crippen molar-refractivity contribution in [2.24, 2.45) is 0 Å². The van der Waals surface area contributed by atoms with Crippen LogP contribution in [0, 0.1) is 5.82 Å². The van der Waals surface area contributed by atoms with Crippen LogP contribution in [0.1, 0.15) is 44.1 Å². The monoisotopic (exact) mass is 456 g/mol. The lowest BCUT2D eigenvalue weighted by molar-refractivity contribution is 0.0807. The third kappa shape index (κ3) is 4.13. The van der Waals surface area contributed by atoms with Gasteiger partial charge < -0.3 is 14.6 Å². The lowest BCUT2D eigenvalue weighted by Crippen LogP contribution is -2.33. The molecule has 2 fully saturated rings. The van der Waals surface area contributed by atoms with Gasteiger partial charge in [-0.2, -0.15) is 0 Å². The Balaban J connectivity index is 1.18. The normalized spacial score (nSPS) is 21.6. The van der Waals surface area contributed by atoms with Crippen LogP contribution in [0.4, 0.5) is 16.0 Å². The Kier molecular flexibility index (Phi) is 5.04. The number of ether oxygens (including phenoxy) is 1. The van der Waals surface area contributed by atoms with Crippen LogP contribution < -0.4 is 15.4 Å². The number of hydrogen-bond acceptors (Lipinski definition) is 7. The van der Waals surface area contributed by atoms with E-state index in [2.05, 4.69) is 32.4 Å². The molecule has 5 rings (SSSR count). The van der Waals surface area contributed by atoms with Crippen molar-refractivity contribution in [1.82, 2.24) is 24.7 Å². The summed E-state index contributed by atoms with van der Waals surface area (Å²) in [7, 11) is -2.51. The molecule has 3 aromatic rings. The van der Waals surface area contributed by atoms with E-state index in [4.69, 9.17) is 4.74 Å². The molecular weight excluding hydrogens is 430 g/mol. The summed E-state index contributed by atoms with van der Waals surface area (Å²) < 4.78 is 34.6. The van der Waals surface area contributed by atoms with Crippen molar-refractivity contribution in [3.05, 3.63) is 48.3 Å². The lowest BCUT2D eigenvalue weighted by atomic mass is 9.78. The minimum absolute atomic E-state index is 0.101. The number of benzene rings is 1. The van der Waals surface area contributed by atoms with E-state index >= 15 is 0 Å². The summed E-state index contributed by atoms with van der Waals surface area (Å²) in [5, 5.41) is 11.5. The van der Waals surface area contributed by atoms with Crippen LogP contribution >= 0.6 is 7.14 Å². The molecule has 0 aliphatic heterocycles. The van der Waals surface area contributed by atoms with Gasteiger partial charge in [0.1, 0.15) is 25.4 Å². The molecule has 0 amide bonds. The van der Waals surface area contributed by atoms with Crippen LogP contribution in [-0.4, -0.2) is 44.2 Å². The quantitative estimate of drug-likeness (QED) is 0.537. The summed E-state index contributed by atoms with van der Waals surface area (Å²) in [6, 6.07) is 5.13. The molecule has 2 aliphatic rings. The van der Waals surface area contributed by atoms with E-state index in [-0.39, 0.29) is 17.3 Å². The average molecular weight is 456 g/mol. The molecule has 10 heteroatoms. The van der Waals surface area contributed by atoms with Gasteiger partial charge in [-0.1, -0.05) is 5.10 Å². The fourth-order valence-electron chi connectivity index (χ4n) is 3.85. The second-order valence-corrected chi connectivity index (χ2v) is 12.6. The molecule has 0 unspecified atom stereocenters. The van der Waals surface area contributed by atoms with Gasteiger partial charge in [-0.15, -0.1) is 5.10 Å². The van der Waals surface area contributed by atoms with Crippen molar-refractivity contribution in [1.29, 1.82) is 0 Å². The van der Waals surface area contributed by atoms with Crippen molar-refractivity contribution in [3.8, 4) is 6.01 Å². The Hall–Kier alpha value is -2.80. The molecule has 2 saturated carbocycles. The summed E-state index contributed by atoms with van der Waals surface area (Å²) >= 11 is 0. The topological polar surface area (TPSA) is 94.8 Å². The van der Waals surface area contributed by atoms with Gasteiger partial charge >= 0.3 is 6.01 Å². The Labute approximate surface area is 186 Å². The Morgan fingerprint density at radius 2 is 1.94 bits per heavy atom. The zero-order valence-corrected chi connectivity index (χ0v) is 19.2. The molecule has 0 saturated heterocycles.